The molecule has 10 heteroatoms. The van der Waals surface area contributed by atoms with E-state index in [0.29, 0.717) is 19.8 Å². The summed E-state index contributed by atoms with van der Waals surface area (Å²) in [5.41, 5.74) is 5.89. The van der Waals surface area contributed by atoms with Crippen molar-refractivity contribution in [1.82, 2.24) is 14.9 Å². The Morgan fingerprint density at radius 2 is 1.86 bits per heavy atom. The van der Waals surface area contributed by atoms with E-state index in [9.17, 15) is 4.79 Å². The quantitative estimate of drug-likeness (QED) is 0.251. The van der Waals surface area contributed by atoms with Gasteiger partial charge >= 0.3 is 0 Å². The number of aromatic nitrogens is 2. The number of hydrogen-bond donors (Lipinski definition) is 2. The van der Waals surface area contributed by atoms with Gasteiger partial charge in [-0.05, 0) is 55.9 Å². The molecular formula is C33H35N5O3S2. The van der Waals surface area contributed by atoms with Crippen LogP contribution in [0.3, 0.4) is 0 Å². The zero-order valence-electron chi connectivity index (χ0n) is 24.3. The van der Waals surface area contributed by atoms with Gasteiger partial charge < -0.3 is 29.6 Å². The Morgan fingerprint density at radius 1 is 0.977 bits per heavy atom. The Morgan fingerprint density at radius 3 is 2.67 bits per heavy atom. The summed E-state index contributed by atoms with van der Waals surface area (Å²) in [6, 6.07) is 20.8. The Kier molecular flexibility index (Phi) is 8.20. The zero-order valence-corrected chi connectivity index (χ0v) is 26.0. The molecule has 43 heavy (non-hydrogen) atoms. The van der Waals surface area contributed by atoms with Gasteiger partial charge in [-0.2, -0.15) is 0 Å². The topological polar surface area (TPSA) is 82.7 Å². The summed E-state index contributed by atoms with van der Waals surface area (Å²) >= 11 is 3.53. The average molecular weight is 614 g/mol. The number of aryl methyl sites for hydroxylation is 1. The Bertz CT molecular complexity index is 1670. The molecule has 3 aliphatic rings. The first-order chi connectivity index (χ1) is 21.0. The summed E-state index contributed by atoms with van der Waals surface area (Å²) in [7, 11) is 2.14. The number of rotatable bonds is 6. The Labute approximate surface area is 260 Å². The van der Waals surface area contributed by atoms with Crippen molar-refractivity contribution in [2.24, 2.45) is 0 Å². The lowest BCUT2D eigenvalue weighted by Crippen LogP contribution is -2.45. The standard InChI is InChI=1S/C33H35N5O3S2/c1-21-6-8-25(34-19-21)32(27-20-37(2)10-15-41-27)35-22-7-9-28-30(16-22)42-29-5-3-4-24(33(29)43-28)26-17-23(18-31(39)36-26)38-11-13-40-14-12-38/h3-9,16-19,27,32,35H,10-15,20H2,1-2H3,(H,36,39). The molecule has 7 rings (SSSR count). The molecule has 2 unspecified atom stereocenters. The van der Waals surface area contributed by atoms with Gasteiger partial charge in [0.2, 0.25) is 5.56 Å². The molecule has 0 aliphatic carbocycles. The first kappa shape index (κ1) is 28.5. The number of nitrogens with zero attached hydrogens (tertiary/aromatic N) is 3. The molecule has 2 N–H and O–H groups in total. The van der Waals surface area contributed by atoms with Crippen molar-refractivity contribution in [2.75, 3.05) is 63.3 Å². The molecule has 5 heterocycles. The predicted molar refractivity (Wildman–Crippen MR) is 173 cm³/mol. The van der Waals surface area contributed by atoms with Crippen LogP contribution in [0.2, 0.25) is 0 Å². The number of fused-ring (bicyclic) bond motifs is 2. The second kappa shape index (κ2) is 12.4. The van der Waals surface area contributed by atoms with E-state index in [0.717, 1.165) is 65.0 Å². The van der Waals surface area contributed by atoms with Crippen LogP contribution in [0, 0.1) is 6.92 Å². The minimum absolute atomic E-state index is 0.00863. The number of pyridine rings is 2. The van der Waals surface area contributed by atoms with Gasteiger partial charge in [0.15, 0.2) is 0 Å². The van der Waals surface area contributed by atoms with Gasteiger partial charge in [0, 0.05) is 75.0 Å². The van der Waals surface area contributed by atoms with Crippen LogP contribution >= 0.6 is 23.5 Å². The van der Waals surface area contributed by atoms with Crippen molar-refractivity contribution >= 4 is 34.9 Å². The number of morpholine rings is 2. The number of H-pyrrole nitrogens is 1. The average Bonchev–Trinajstić information content (AvgIpc) is 3.03. The van der Waals surface area contributed by atoms with E-state index in [4.69, 9.17) is 14.5 Å². The SMILES string of the molecule is Cc1ccc(C(Nc2ccc3c(c2)Sc2cccc(-c4cc(N5CCOCC5)cc(=O)[nH]4)c2S3)C2CN(C)CCO2)nc1. The van der Waals surface area contributed by atoms with E-state index in [2.05, 4.69) is 88.7 Å². The van der Waals surface area contributed by atoms with Crippen molar-refractivity contribution in [2.45, 2.75) is 38.7 Å². The fourth-order valence-corrected chi connectivity index (χ4v) is 8.21. The monoisotopic (exact) mass is 613 g/mol. The Hall–Kier alpha value is -3.28. The van der Waals surface area contributed by atoms with E-state index >= 15 is 0 Å². The normalized spacial score (nSPS) is 19.4. The van der Waals surface area contributed by atoms with Crippen LogP contribution in [0.4, 0.5) is 11.4 Å². The molecule has 2 aromatic carbocycles. The van der Waals surface area contributed by atoms with Crippen LogP contribution in [-0.4, -0.2) is 74.0 Å². The third-order valence-electron chi connectivity index (χ3n) is 8.09. The first-order valence-electron chi connectivity index (χ1n) is 14.7. The van der Waals surface area contributed by atoms with Gasteiger partial charge in [0.25, 0.3) is 0 Å². The molecule has 3 aliphatic heterocycles. The third-order valence-corrected chi connectivity index (χ3v) is 10.7. The molecule has 2 atom stereocenters. The van der Waals surface area contributed by atoms with Gasteiger partial charge in [0.05, 0.1) is 43.4 Å². The highest BCUT2D eigenvalue weighted by molar-refractivity contribution is 8.05. The van der Waals surface area contributed by atoms with E-state index in [1.165, 1.54) is 14.7 Å². The summed E-state index contributed by atoms with van der Waals surface area (Å²) in [5.74, 6) is 0. The van der Waals surface area contributed by atoms with E-state index in [-0.39, 0.29) is 17.7 Å². The molecule has 4 aromatic rings. The first-order valence-corrected chi connectivity index (χ1v) is 16.3. The zero-order chi connectivity index (χ0) is 29.3. The van der Waals surface area contributed by atoms with Crippen molar-refractivity contribution in [1.29, 1.82) is 0 Å². The van der Waals surface area contributed by atoms with E-state index in [1.54, 1.807) is 29.6 Å². The molecule has 2 saturated heterocycles. The second-order valence-corrected chi connectivity index (χ2v) is 13.4. The minimum atomic E-state index is -0.0908. The van der Waals surface area contributed by atoms with Crippen molar-refractivity contribution < 1.29 is 9.47 Å². The van der Waals surface area contributed by atoms with Crippen molar-refractivity contribution in [3.8, 4) is 11.3 Å². The van der Waals surface area contributed by atoms with Crippen LogP contribution in [0.25, 0.3) is 11.3 Å². The van der Waals surface area contributed by atoms with Crippen LogP contribution in [0.5, 0.6) is 0 Å². The molecule has 0 amide bonds. The molecule has 2 fully saturated rings. The van der Waals surface area contributed by atoms with Crippen LogP contribution in [0.15, 0.2) is 91.2 Å². The third kappa shape index (κ3) is 6.21. The smallest absolute Gasteiger partial charge is 0.250 e. The number of ether oxygens (including phenoxy) is 2. The van der Waals surface area contributed by atoms with Gasteiger partial charge in [-0.15, -0.1) is 0 Å². The van der Waals surface area contributed by atoms with Crippen molar-refractivity contribution in [3.63, 3.8) is 0 Å². The van der Waals surface area contributed by atoms with E-state index in [1.807, 2.05) is 6.20 Å². The maximum atomic E-state index is 12.7. The number of likely N-dealkylation sites (N-methyl/N-ethyl adjacent to an activating group) is 1. The summed E-state index contributed by atoms with van der Waals surface area (Å²) in [6.45, 7) is 7.47. The largest absolute Gasteiger partial charge is 0.378 e. The number of aromatic amines is 1. The molecule has 222 valence electrons. The summed E-state index contributed by atoms with van der Waals surface area (Å²) < 4.78 is 11.8. The maximum Gasteiger partial charge on any atom is 0.250 e. The highest BCUT2D eigenvalue weighted by atomic mass is 32.2. The molecule has 0 bridgehead atoms. The fraction of sp³-hybridized carbons (Fsp3) is 0.333. The molecule has 0 radical (unpaired) electrons. The van der Waals surface area contributed by atoms with Gasteiger partial charge in [-0.1, -0.05) is 41.7 Å². The van der Waals surface area contributed by atoms with Gasteiger partial charge in [0.1, 0.15) is 0 Å². The molecule has 0 spiro atoms. The van der Waals surface area contributed by atoms with Crippen LogP contribution < -0.4 is 15.8 Å². The highest BCUT2D eigenvalue weighted by Gasteiger charge is 2.30. The number of benzene rings is 2. The number of hydrogen-bond acceptors (Lipinski definition) is 9. The molecule has 0 saturated carbocycles. The molecule has 2 aromatic heterocycles. The molecular weight excluding hydrogens is 579 g/mol. The lowest BCUT2D eigenvalue weighted by Gasteiger charge is -2.36. The van der Waals surface area contributed by atoms with E-state index < -0.39 is 0 Å². The number of anilines is 2. The summed E-state index contributed by atoms with van der Waals surface area (Å²) in [6.07, 6.45) is 1.92. The van der Waals surface area contributed by atoms with Gasteiger partial charge in [-0.25, -0.2) is 0 Å². The fourth-order valence-electron chi connectivity index (χ4n) is 5.79. The summed E-state index contributed by atoms with van der Waals surface area (Å²) in [4.78, 5) is 29.9. The predicted octanol–water partition coefficient (Wildman–Crippen LogP) is 5.68. The maximum absolute atomic E-state index is 12.7. The Balaban J connectivity index is 1.16. The molecule has 8 nitrogen and oxygen atoms in total. The highest BCUT2D eigenvalue weighted by Crippen LogP contribution is 2.52. The van der Waals surface area contributed by atoms with Gasteiger partial charge in [-0.3, -0.25) is 9.78 Å². The van der Waals surface area contributed by atoms with Crippen molar-refractivity contribution in [3.05, 3.63) is 88.5 Å². The lowest BCUT2D eigenvalue weighted by molar-refractivity contribution is -0.0297. The minimum Gasteiger partial charge on any atom is -0.378 e. The van der Waals surface area contributed by atoms with Crippen LogP contribution in [0.1, 0.15) is 17.3 Å². The van der Waals surface area contributed by atoms with Crippen LogP contribution in [-0.2, 0) is 9.47 Å². The lowest BCUT2D eigenvalue weighted by atomic mass is 10.0. The second-order valence-electron chi connectivity index (χ2n) is 11.3. The summed E-state index contributed by atoms with van der Waals surface area (Å²) in [5, 5.41) is 3.77. The number of nitrogens with one attached hydrogen (secondary N) is 2.